The summed E-state index contributed by atoms with van der Waals surface area (Å²) in [4.78, 5) is 30.9. The molecule has 0 radical (unpaired) electrons. The van der Waals surface area contributed by atoms with Crippen LogP contribution in [0.5, 0.6) is 0 Å². The predicted molar refractivity (Wildman–Crippen MR) is 139 cm³/mol. The van der Waals surface area contributed by atoms with E-state index in [1.54, 1.807) is 30.5 Å². The second-order valence-electron chi connectivity index (χ2n) is 9.41. The Labute approximate surface area is 210 Å². The van der Waals surface area contributed by atoms with Gasteiger partial charge in [-0.15, -0.1) is 0 Å². The zero-order valence-electron chi connectivity index (χ0n) is 20.5. The summed E-state index contributed by atoms with van der Waals surface area (Å²) in [5.74, 6) is -0.264. The highest BCUT2D eigenvalue weighted by atomic mass is 16.5. The molecule has 2 aliphatic rings. The second-order valence-corrected chi connectivity index (χ2v) is 9.41. The van der Waals surface area contributed by atoms with Gasteiger partial charge in [0.15, 0.2) is 5.69 Å². The summed E-state index contributed by atoms with van der Waals surface area (Å²) in [6.45, 7) is 1.99. The summed E-state index contributed by atoms with van der Waals surface area (Å²) in [5, 5.41) is 7.18. The molecule has 0 bridgehead atoms. The van der Waals surface area contributed by atoms with Crippen molar-refractivity contribution < 1.29 is 19.1 Å². The molecule has 1 amide bonds. The standard InChI is InChI=1S/C28H32N4O4/c1-35-28(34)25-24(31-27(33)20-11-6-3-7-12-20)23-15-21(29-16-19-9-4-2-5-10-19)17-30-26(23)32(25)18-22-13-8-14-36-22/h2-4,6-7,11-12,15,17,19,22,29H,5,8-10,13-14,16,18H2,1H3,(H,31,33)/t19-,22-/m0/s1. The number of methoxy groups -OCH3 is 1. The lowest BCUT2D eigenvalue weighted by atomic mass is 9.94. The molecule has 3 heterocycles. The first-order valence-corrected chi connectivity index (χ1v) is 12.6. The van der Waals surface area contributed by atoms with Gasteiger partial charge >= 0.3 is 5.97 Å². The van der Waals surface area contributed by atoms with Gasteiger partial charge in [-0.05, 0) is 56.2 Å². The molecule has 0 saturated carbocycles. The number of nitrogens with zero attached hydrogens (tertiary/aromatic N) is 2. The quantitative estimate of drug-likeness (QED) is 0.341. The summed E-state index contributed by atoms with van der Waals surface area (Å²) in [5.41, 5.74) is 2.63. The van der Waals surface area contributed by atoms with Crippen molar-refractivity contribution in [3.05, 3.63) is 66.0 Å². The third kappa shape index (κ3) is 5.14. The normalized spacial score (nSPS) is 19.4. The van der Waals surface area contributed by atoms with E-state index in [1.165, 1.54) is 7.11 Å². The number of fused-ring (bicyclic) bond motifs is 1. The van der Waals surface area contributed by atoms with Crippen LogP contribution in [0, 0.1) is 5.92 Å². The minimum Gasteiger partial charge on any atom is -0.464 e. The van der Waals surface area contributed by atoms with Crippen LogP contribution >= 0.6 is 0 Å². The van der Waals surface area contributed by atoms with E-state index in [0.717, 1.165) is 44.3 Å². The lowest BCUT2D eigenvalue weighted by molar-refractivity contribution is 0.0580. The van der Waals surface area contributed by atoms with Crippen molar-refractivity contribution in [1.82, 2.24) is 9.55 Å². The summed E-state index contributed by atoms with van der Waals surface area (Å²) >= 11 is 0. The zero-order valence-corrected chi connectivity index (χ0v) is 20.5. The molecule has 188 valence electrons. The van der Waals surface area contributed by atoms with E-state index in [2.05, 4.69) is 22.8 Å². The summed E-state index contributed by atoms with van der Waals surface area (Å²) in [7, 11) is 1.35. The number of anilines is 2. The van der Waals surface area contributed by atoms with Gasteiger partial charge in [-0.3, -0.25) is 4.79 Å². The van der Waals surface area contributed by atoms with Crippen molar-refractivity contribution in [1.29, 1.82) is 0 Å². The summed E-state index contributed by atoms with van der Waals surface area (Å²) in [6.07, 6.45) is 11.4. The number of pyridine rings is 1. The van der Waals surface area contributed by atoms with E-state index in [0.29, 0.717) is 41.4 Å². The third-order valence-corrected chi connectivity index (χ3v) is 6.93. The van der Waals surface area contributed by atoms with E-state index < -0.39 is 5.97 Å². The molecule has 2 N–H and O–H groups in total. The van der Waals surface area contributed by atoms with Gasteiger partial charge in [0, 0.05) is 24.1 Å². The van der Waals surface area contributed by atoms with Gasteiger partial charge in [0.25, 0.3) is 5.91 Å². The molecule has 36 heavy (non-hydrogen) atoms. The number of amides is 1. The molecule has 2 atom stereocenters. The topological polar surface area (TPSA) is 94.5 Å². The van der Waals surface area contributed by atoms with Crippen molar-refractivity contribution in [3.8, 4) is 0 Å². The molecule has 3 aromatic rings. The zero-order chi connectivity index (χ0) is 24.9. The van der Waals surface area contributed by atoms with Gasteiger partial charge in [-0.2, -0.15) is 0 Å². The second kappa shape index (κ2) is 11.0. The number of esters is 1. The Hall–Kier alpha value is -3.65. The number of rotatable bonds is 8. The van der Waals surface area contributed by atoms with Crippen molar-refractivity contribution in [2.45, 2.75) is 44.8 Å². The van der Waals surface area contributed by atoms with E-state index in [1.807, 2.05) is 16.7 Å². The molecule has 8 nitrogen and oxygen atoms in total. The maximum absolute atomic E-state index is 13.2. The van der Waals surface area contributed by atoms with Crippen molar-refractivity contribution in [3.63, 3.8) is 0 Å². The molecule has 2 aromatic heterocycles. The van der Waals surface area contributed by atoms with Gasteiger partial charge in [-0.25, -0.2) is 9.78 Å². The van der Waals surface area contributed by atoms with Crippen LogP contribution in [0.4, 0.5) is 11.4 Å². The Morgan fingerprint density at radius 2 is 2.06 bits per heavy atom. The van der Waals surface area contributed by atoms with Crippen LogP contribution in [0.1, 0.15) is 53.0 Å². The Kier molecular flexibility index (Phi) is 7.32. The fraction of sp³-hybridized carbons (Fsp3) is 0.393. The number of hydrogen-bond acceptors (Lipinski definition) is 6. The molecule has 1 aromatic carbocycles. The Bertz CT molecular complexity index is 1260. The molecule has 8 heteroatoms. The van der Waals surface area contributed by atoms with Crippen LogP contribution in [-0.2, 0) is 16.0 Å². The Morgan fingerprint density at radius 1 is 1.19 bits per heavy atom. The largest absolute Gasteiger partial charge is 0.464 e. The lowest BCUT2D eigenvalue weighted by Crippen LogP contribution is -2.21. The fourth-order valence-corrected chi connectivity index (χ4v) is 5.01. The van der Waals surface area contributed by atoms with Gasteiger partial charge in [-0.1, -0.05) is 30.4 Å². The van der Waals surface area contributed by atoms with Crippen LogP contribution in [0.25, 0.3) is 11.0 Å². The van der Waals surface area contributed by atoms with Crippen LogP contribution in [0.15, 0.2) is 54.7 Å². The highest BCUT2D eigenvalue weighted by Crippen LogP contribution is 2.34. The predicted octanol–water partition coefficient (Wildman–Crippen LogP) is 5.02. The first kappa shape index (κ1) is 24.1. The van der Waals surface area contributed by atoms with Gasteiger partial charge in [0.05, 0.1) is 37.3 Å². The number of allylic oxidation sites excluding steroid dienone is 2. The van der Waals surface area contributed by atoms with E-state index in [-0.39, 0.29) is 17.7 Å². The SMILES string of the molecule is COC(=O)c1c(NC(=O)c2ccccc2)c2cc(NC[C@H]3CC=CCC3)cnc2n1C[C@@H]1CCCO1. The van der Waals surface area contributed by atoms with Crippen LogP contribution < -0.4 is 10.6 Å². The molecule has 1 aliphatic heterocycles. The smallest absolute Gasteiger partial charge is 0.356 e. The maximum atomic E-state index is 13.2. The summed E-state index contributed by atoms with van der Waals surface area (Å²) < 4.78 is 12.8. The fourth-order valence-electron chi connectivity index (χ4n) is 5.01. The van der Waals surface area contributed by atoms with E-state index in [4.69, 9.17) is 14.5 Å². The number of aromatic nitrogens is 2. The lowest BCUT2D eigenvalue weighted by Gasteiger charge is -2.18. The number of carbonyl (C=O) groups is 2. The minimum atomic E-state index is -0.530. The van der Waals surface area contributed by atoms with Crippen molar-refractivity contribution in [2.24, 2.45) is 5.92 Å². The van der Waals surface area contributed by atoms with Crippen LogP contribution in [0.3, 0.4) is 0 Å². The highest BCUT2D eigenvalue weighted by Gasteiger charge is 2.29. The minimum absolute atomic E-state index is 0.0272. The van der Waals surface area contributed by atoms with Gasteiger partial charge in [0.2, 0.25) is 0 Å². The number of nitrogens with one attached hydrogen (secondary N) is 2. The number of carbonyl (C=O) groups excluding carboxylic acids is 2. The molecule has 0 spiro atoms. The average molecular weight is 489 g/mol. The van der Waals surface area contributed by atoms with Crippen LogP contribution in [-0.4, -0.2) is 47.8 Å². The number of benzene rings is 1. The molecule has 5 rings (SSSR count). The van der Waals surface area contributed by atoms with Crippen LogP contribution in [0.2, 0.25) is 0 Å². The van der Waals surface area contributed by atoms with E-state index in [9.17, 15) is 9.59 Å². The first-order chi connectivity index (χ1) is 17.6. The molecule has 0 unspecified atom stereocenters. The van der Waals surface area contributed by atoms with Gasteiger partial charge in [0.1, 0.15) is 5.65 Å². The van der Waals surface area contributed by atoms with Gasteiger partial charge < -0.3 is 24.7 Å². The molecule has 1 fully saturated rings. The molecular formula is C28H32N4O4. The molecule has 1 aliphatic carbocycles. The number of ether oxygens (including phenoxy) is 2. The average Bonchev–Trinajstić information content (AvgIpc) is 3.54. The van der Waals surface area contributed by atoms with Crippen molar-refractivity contribution in [2.75, 3.05) is 30.9 Å². The molecule has 1 saturated heterocycles. The van der Waals surface area contributed by atoms with E-state index >= 15 is 0 Å². The Balaban J connectivity index is 1.55. The number of hydrogen-bond donors (Lipinski definition) is 2. The van der Waals surface area contributed by atoms with Crippen molar-refractivity contribution >= 4 is 34.3 Å². The monoisotopic (exact) mass is 488 g/mol. The third-order valence-electron chi connectivity index (χ3n) is 6.93. The highest BCUT2D eigenvalue weighted by molar-refractivity contribution is 6.14. The Morgan fingerprint density at radius 3 is 2.78 bits per heavy atom. The molecular weight excluding hydrogens is 456 g/mol. The maximum Gasteiger partial charge on any atom is 0.356 e. The first-order valence-electron chi connectivity index (χ1n) is 12.6. The summed E-state index contributed by atoms with van der Waals surface area (Å²) in [6, 6.07) is 10.9.